The van der Waals surface area contributed by atoms with Crippen LogP contribution < -0.4 is 16.0 Å². The zero-order valence-corrected chi connectivity index (χ0v) is 23.7. The minimum atomic E-state index is -0.955. The predicted molar refractivity (Wildman–Crippen MR) is 154 cm³/mol. The number of hydrogen-bond acceptors (Lipinski definition) is 5. The van der Waals surface area contributed by atoms with Crippen molar-refractivity contribution in [3.8, 4) is 0 Å². The van der Waals surface area contributed by atoms with Gasteiger partial charge in [0.1, 0.15) is 18.7 Å². The first-order chi connectivity index (χ1) is 19.3. The fraction of sp³-hybridized carbons (Fsp3) is 0.500. The second-order valence-electron chi connectivity index (χ2n) is 10.9. The first-order valence-corrected chi connectivity index (χ1v) is 14.5. The summed E-state index contributed by atoms with van der Waals surface area (Å²) in [7, 11) is 0. The lowest BCUT2D eigenvalue weighted by atomic mass is 10.0. The van der Waals surface area contributed by atoms with Crippen molar-refractivity contribution in [3.05, 3.63) is 71.8 Å². The van der Waals surface area contributed by atoms with Crippen LogP contribution in [0.1, 0.15) is 69.9 Å². The van der Waals surface area contributed by atoms with Gasteiger partial charge < -0.3 is 20.7 Å². The molecule has 0 unspecified atom stereocenters. The minimum absolute atomic E-state index is 0.0228. The third-order valence-corrected chi connectivity index (χ3v) is 7.07. The van der Waals surface area contributed by atoms with Crippen LogP contribution in [0.4, 0.5) is 0 Å². The first-order valence-electron chi connectivity index (χ1n) is 14.5. The van der Waals surface area contributed by atoms with Crippen molar-refractivity contribution in [3.63, 3.8) is 0 Å². The van der Waals surface area contributed by atoms with Crippen LogP contribution in [0.15, 0.2) is 60.7 Å². The van der Waals surface area contributed by atoms with E-state index in [2.05, 4.69) is 16.0 Å². The number of nitrogens with one attached hydrogen (secondary N) is 3. The topological polar surface area (TPSA) is 114 Å². The maximum absolute atomic E-state index is 13.4. The summed E-state index contributed by atoms with van der Waals surface area (Å²) in [5.41, 5.74) is 1.88. The molecule has 0 radical (unpaired) electrons. The number of cyclic esters (lactones) is 1. The summed E-state index contributed by atoms with van der Waals surface area (Å²) in [5.74, 6) is -1.44. The van der Waals surface area contributed by atoms with Gasteiger partial charge in [-0.15, -0.1) is 0 Å². The van der Waals surface area contributed by atoms with Gasteiger partial charge in [0.2, 0.25) is 17.7 Å². The molecule has 3 amide bonds. The Morgan fingerprint density at radius 1 is 0.700 bits per heavy atom. The lowest BCUT2D eigenvalue weighted by molar-refractivity contribution is -0.149. The van der Waals surface area contributed by atoms with Gasteiger partial charge in [-0.25, -0.2) is 4.79 Å². The number of hydrogen-bond donors (Lipinski definition) is 3. The Morgan fingerprint density at radius 2 is 1.23 bits per heavy atom. The lowest BCUT2D eigenvalue weighted by Gasteiger charge is -2.26. The number of amides is 3. The summed E-state index contributed by atoms with van der Waals surface area (Å²) in [4.78, 5) is 52.1. The molecule has 0 aromatic heterocycles. The molecule has 1 aliphatic heterocycles. The second-order valence-corrected chi connectivity index (χ2v) is 10.9. The Morgan fingerprint density at radius 3 is 1.80 bits per heavy atom. The van der Waals surface area contributed by atoms with Crippen LogP contribution in [-0.2, 0) is 36.8 Å². The number of esters is 1. The average molecular weight is 550 g/mol. The molecule has 3 N–H and O–H groups in total. The van der Waals surface area contributed by atoms with E-state index >= 15 is 0 Å². The van der Waals surface area contributed by atoms with E-state index in [-0.39, 0.29) is 30.8 Å². The van der Waals surface area contributed by atoms with Gasteiger partial charge in [0.15, 0.2) is 0 Å². The van der Waals surface area contributed by atoms with E-state index in [1.165, 1.54) is 0 Å². The van der Waals surface area contributed by atoms with Crippen LogP contribution >= 0.6 is 0 Å². The highest BCUT2D eigenvalue weighted by Gasteiger charge is 2.30. The molecule has 0 bridgehead atoms. The molecule has 2 aromatic rings. The van der Waals surface area contributed by atoms with E-state index < -0.39 is 30.0 Å². The van der Waals surface area contributed by atoms with Gasteiger partial charge in [-0.05, 0) is 36.3 Å². The van der Waals surface area contributed by atoms with Crippen molar-refractivity contribution in [2.45, 2.75) is 89.8 Å². The Kier molecular flexibility index (Phi) is 12.7. The van der Waals surface area contributed by atoms with Crippen molar-refractivity contribution in [1.82, 2.24) is 16.0 Å². The molecule has 2 aromatic carbocycles. The number of carbonyl (C=O) groups excluding carboxylic acids is 4. The fourth-order valence-corrected chi connectivity index (χ4v) is 4.82. The highest BCUT2D eigenvalue weighted by molar-refractivity contribution is 5.91. The molecular weight excluding hydrogens is 506 g/mol. The van der Waals surface area contributed by atoms with E-state index in [9.17, 15) is 19.2 Å². The van der Waals surface area contributed by atoms with Crippen molar-refractivity contribution >= 4 is 23.7 Å². The highest BCUT2D eigenvalue weighted by Crippen LogP contribution is 2.12. The van der Waals surface area contributed by atoms with Gasteiger partial charge in [0.05, 0.1) is 6.04 Å². The predicted octanol–water partition coefficient (Wildman–Crippen LogP) is 3.87. The molecule has 8 heteroatoms. The molecular formula is C32H43N3O5. The van der Waals surface area contributed by atoms with E-state index in [0.29, 0.717) is 25.7 Å². The molecule has 1 saturated heterocycles. The van der Waals surface area contributed by atoms with Crippen LogP contribution in [0.3, 0.4) is 0 Å². The molecule has 216 valence electrons. The summed E-state index contributed by atoms with van der Waals surface area (Å²) in [6.45, 7) is 3.70. The number of ether oxygens (including phenoxy) is 1. The van der Waals surface area contributed by atoms with Gasteiger partial charge in [-0.1, -0.05) is 93.8 Å². The number of rotatable bonds is 5. The monoisotopic (exact) mass is 549 g/mol. The quantitative estimate of drug-likeness (QED) is 0.490. The Bertz CT molecular complexity index is 1090. The molecule has 1 heterocycles. The minimum Gasteiger partial charge on any atom is -0.462 e. The van der Waals surface area contributed by atoms with Crippen molar-refractivity contribution in [2.24, 2.45) is 5.92 Å². The van der Waals surface area contributed by atoms with Gasteiger partial charge in [0.25, 0.3) is 0 Å². The average Bonchev–Trinajstić information content (AvgIpc) is 2.94. The molecule has 1 fully saturated rings. The van der Waals surface area contributed by atoms with E-state index in [4.69, 9.17) is 4.74 Å². The summed E-state index contributed by atoms with van der Waals surface area (Å²) in [5, 5.41) is 8.74. The molecule has 40 heavy (non-hydrogen) atoms. The maximum Gasteiger partial charge on any atom is 0.329 e. The van der Waals surface area contributed by atoms with Crippen molar-refractivity contribution in [2.75, 3.05) is 6.61 Å². The molecule has 0 saturated carbocycles. The summed E-state index contributed by atoms with van der Waals surface area (Å²) >= 11 is 0. The Labute approximate surface area is 237 Å². The first kappa shape index (κ1) is 30.9. The zero-order chi connectivity index (χ0) is 28.7. The molecule has 0 spiro atoms. The third kappa shape index (κ3) is 10.8. The standard InChI is InChI=1S/C32H43N3O5/c1-23(2)30-31(38)34-27(21-25-16-10-7-11-17-25)32(39)40-22-26(20-24-14-8-6-9-15-24)33-28(36)18-12-4-3-5-13-19-29(37)35-30/h6-11,14-17,23,26-27,30H,3-5,12-13,18-22H2,1-2H3,(H,33,36)(H,34,38)(H,35,37)/t26-,27-,30-/m0/s1. The van der Waals surface area contributed by atoms with Crippen LogP contribution in [0.2, 0.25) is 0 Å². The van der Waals surface area contributed by atoms with Crippen LogP contribution in [0.25, 0.3) is 0 Å². The Hall–Kier alpha value is -3.68. The van der Waals surface area contributed by atoms with E-state index in [0.717, 1.165) is 36.8 Å². The smallest absolute Gasteiger partial charge is 0.329 e. The molecule has 3 rings (SSSR count). The van der Waals surface area contributed by atoms with Gasteiger partial charge in [-0.2, -0.15) is 0 Å². The van der Waals surface area contributed by atoms with Crippen molar-refractivity contribution < 1.29 is 23.9 Å². The molecule has 3 atom stereocenters. The third-order valence-electron chi connectivity index (χ3n) is 7.07. The van der Waals surface area contributed by atoms with E-state index in [1.54, 1.807) is 0 Å². The molecule has 0 aliphatic carbocycles. The SMILES string of the molecule is CC(C)[C@@H]1NC(=O)CCCCCCCC(=O)N[C@@H](Cc2ccccc2)COC(=O)[C@H](Cc2ccccc2)NC1=O. The maximum atomic E-state index is 13.4. The largest absolute Gasteiger partial charge is 0.462 e. The fourth-order valence-electron chi connectivity index (χ4n) is 4.82. The number of benzene rings is 2. The lowest BCUT2D eigenvalue weighted by Crippen LogP contribution is -2.54. The van der Waals surface area contributed by atoms with Gasteiger partial charge in [0, 0.05) is 19.3 Å². The van der Waals surface area contributed by atoms with Crippen LogP contribution in [-0.4, -0.2) is 48.4 Å². The van der Waals surface area contributed by atoms with Crippen LogP contribution in [0, 0.1) is 5.92 Å². The van der Waals surface area contributed by atoms with Gasteiger partial charge in [-0.3, -0.25) is 14.4 Å². The second kappa shape index (κ2) is 16.4. The zero-order valence-electron chi connectivity index (χ0n) is 23.7. The molecule has 1 aliphatic rings. The molecule has 8 nitrogen and oxygen atoms in total. The van der Waals surface area contributed by atoms with Gasteiger partial charge >= 0.3 is 5.97 Å². The summed E-state index contributed by atoms with van der Waals surface area (Å²) < 4.78 is 5.73. The number of carbonyl (C=O) groups is 4. The van der Waals surface area contributed by atoms with Crippen molar-refractivity contribution in [1.29, 1.82) is 0 Å². The Balaban J connectivity index is 1.81. The van der Waals surface area contributed by atoms with Crippen LogP contribution in [0.5, 0.6) is 0 Å². The summed E-state index contributed by atoms with van der Waals surface area (Å²) in [6, 6.07) is 17.0. The normalized spacial score (nSPS) is 22.6. The van der Waals surface area contributed by atoms with E-state index in [1.807, 2.05) is 74.5 Å². The summed E-state index contributed by atoms with van der Waals surface area (Å²) in [6.07, 6.45) is 5.64. The highest BCUT2D eigenvalue weighted by atomic mass is 16.5.